The molecule has 0 bridgehead atoms. The number of aromatic nitrogens is 1. The Labute approximate surface area is 128 Å². The maximum atomic E-state index is 12.7. The predicted molar refractivity (Wildman–Crippen MR) is 82.4 cm³/mol. The fraction of sp³-hybridized carbons (Fsp3) is 0.375. The Morgan fingerprint density at radius 1 is 1.43 bits per heavy atom. The molecule has 2 heterocycles. The zero-order chi connectivity index (χ0) is 15.0. The van der Waals surface area contributed by atoms with Crippen molar-refractivity contribution in [1.29, 1.82) is 0 Å². The maximum absolute atomic E-state index is 12.7. The minimum atomic E-state index is -0.466. The van der Waals surface area contributed by atoms with E-state index in [0.29, 0.717) is 29.3 Å². The molecule has 3 rings (SSSR count). The van der Waals surface area contributed by atoms with Crippen LogP contribution in [0, 0.1) is 5.92 Å². The largest absolute Gasteiger partial charge is 0.391 e. The van der Waals surface area contributed by atoms with Crippen molar-refractivity contribution in [2.45, 2.75) is 19.4 Å². The van der Waals surface area contributed by atoms with Crippen LogP contribution in [0.25, 0.3) is 10.9 Å². The highest BCUT2D eigenvalue weighted by atomic mass is 35.5. The number of hydrogen-bond donors (Lipinski definition) is 1. The summed E-state index contributed by atoms with van der Waals surface area (Å²) < 4.78 is 0. The zero-order valence-corrected chi connectivity index (χ0v) is 12.5. The third kappa shape index (κ3) is 2.74. The number of nitrogens with zero attached hydrogens (tertiary/aromatic N) is 2. The average Bonchev–Trinajstić information content (AvgIpc) is 2.48. The first-order chi connectivity index (χ1) is 10.1. The molecule has 2 unspecified atom stereocenters. The summed E-state index contributed by atoms with van der Waals surface area (Å²) >= 11 is 6.03. The van der Waals surface area contributed by atoms with Crippen molar-refractivity contribution >= 4 is 28.4 Å². The van der Waals surface area contributed by atoms with E-state index in [1.54, 1.807) is 11.0 Å². The van der Waals surface area contributed by atoms with E-state index in [2.05, 4.69) is 4.98 Å². The fourth-order valence-corrected chi connectivity index (χ4v) is 2.92. The molecule has 1 aromatic heterocycles. The molecule has 1 amide bonds. The van der Waals surface area contributed by atoms with Crippen LogP contribution in [-0.4, -0.2) is 40.1 Å². The van der Waals surface area contributed by atoms with Gasteiger partial charge in [0.05, 0.1) is 17.2 Å². The first kappa shape index (κ1) is 14.3. The molecule has 0 aliphatic carbocycles. The minimum Gasteiger partial charge on any atom is -0.391 e. The number of amides is 1. The lowest BCUT2D eigenvalue weighted by Gasteiger charge is -2.34. The lowest BCUT2D eigenvalue weighted by Crippen LogP contribution is -2.45. The Bertz CT molecular complexity index is 689. The molecule has 0 spiro atoms. The molecule has 4 nitrogen and oxygen atoms in total. The highest BCUT2D eigenvalue weighted by Crippen LogP contribution is 2.24. The quantitative estimate of drug-likeness (QED) is 0.824. The third-order valence-electron chi connectivity index (χ3n) is 4.12. The van der Waals surface area contributed by atoms with E-state index in [4.69, 9.17) is 11.6 Å². The van der Waals surface area contributed by atoms with Crippen molar-refractivity contribution in [2.75, 3.05) is 13.1 Å². The van der Waals surface area contributed by atoms with Crippen molar-refractivity contribution in [1.82, 2.24) is 9.88 Å². The Balaban J connectivity index is 1.98. The van der Waals surface area contributed by atoms with Crippen molar-refractivity contribution in [3.63, 3.8) is 0 Å². The van der Waals surface area contributed by atoms with Gasteiger partial charge in [-0.3, -0.25) is 4.79 Å². The van der Waals surface area contributed by atoms with Crippen LogP contribution in [0.15, 0.2) is 30.3 Å². The number of carbonyl (C=O) groups is 1. The molecule has 0 saturated carbocycles. The van der Waals surface area contributed by atoms with Crippen LogP contribution < -0.4 is 0 Å². The maximum Gasteiger partial charge on any atom is 0.254 e. The number of benzene rings is 1. The van der Waals surface area contributed by atoms with Crippen molar-refractivity contribution in [3.05, 3.63) is 41.0 Å². The number of aliphatic hydroxyl groups is 1. The highest BCUT2D eigenvalue weighted by molar-refractivity contribution is 6.30. The van der Waals surface area contributed by atoms with Gasteiger partial charge in [0.25, 0.3) is 5.91 Å². The van der Waals surface area contributed by atoms with E-state index >= 15 is 0 Å². The number of β-amino-alcohol motifs (C(OH)–C–C–N with tert-alkyl or cyclic N) is 1. The molecule has 110 valence electrons. The molecule has 21 heavy (non-hydrogen) atoms. The summed E-state index contributed by atoms with van der Waals surface area (Å²) in [6.45, 7) is 3.03. The predicted octanol–water partition coefficient (Wildman–Crippen LogP) is 2.73. The molecule has 1 aromatic carbocycles. The molecule has 5 heteroatoms. The number of pyridine rings is 1. The van der Waals surface area contributed by atoms with Gasteiger partial charge in [-0.1, -0.05) is 36.7 Å². The second-order valence-corrected chi connectivity index (χ2v) is 5.98. The van der Waals surface area contributed by atoms with Crippen molar-refractivity contribution in [2.24, 2.45) is 5.92 Å². The normalized spacial score (nSPS) is 22.5. The third-order valence-corrected chi connectivity index (χ3v) is 4.31. The van der Waals surface area contributed by atoms with Crippen LogP contribution in [0.5, 0.6) is 0 Å². The van der Waals surface area contributed by atoms with E-state index < -0.39 is 6.10 Å². The van der Waals surface area contributed by atoms with Gasteiger partial charge in [0.15, 0.2) is 0 Å². The molecule has 1 N–H and O–H groups in total. The molecule has 1 fully saturated rings. The first-order valence-electron chi connectivity index (χ1n) is 7.09. The van der Waals surface area contributed by atoms with Crippen molar-refractivity contribution < 1.29 is 9.90 Å². The van der Waals surface area contributed by atoms with E-state index in [1.807, 2.05) is 31.2 Å². The number of halogens is 1. The Morgan fingerprint density at radius 3 is 2.95 bits per heavy atom. The smallest absolute Gasteiger partial charge is 0.254 e. The fourth-order valence-electron chi connectivity index (χ4n) is 2.72. The lowest BCUT2D eigenvalue weighted by atomic mass is 9.95. The topological polar surface area (TPSA) is 53.4 Å². The number of carbonyl (C=O) groups excluding carboxylic acids is 1. The van der Waals surface area contributed by atoms with Gasteiger partial charge >= 0.3 is 0 Å². The standard InChI is InChI=1S/C16H17ClN2O2/c1-10-6-7-19(9-14(10)20)16(21)12-8-15(17)18-13-5-3-2-4-11(12)13/h2-5,8,10,14,20H,6-7,9H2,1H3. The molecule has 0 radical (unpaired) electrons. The van der Waals surface area contributed by atoms with Gasteiger partial charge in [0.1, 0.15) is 5.15 Å². The van der Waals surface area contributed by atoms with Crippen LogP contribution in [0.3, 0.4) is 0 Å². The summed E-state index contributed by atoms with van der Waals surface area (Å²) in [7, 11) is 0. The van der Waals surface area contributed by atoms with Gasteiger partial charge in [0, 0.05) is 18.5 Å². The number of hydrogen-bond acceptors (Lipinski definition) is 3. The first-order valence-corrected chi connectivity index (χ1v) is 7.46. The lowest BCUT2D eigenvalue weighted by molar-refractivity contribution is 0.0250. The summed E-state index contributed by atoms with van der Waals surface area (Å²) in [5.74, 6) is 0.133. The van der Waals surface area contributed by atoms with Gasteiger partial charge < -0.3 is 10.0 Å². The van der Waals surface area contributed by atoms with Gasteiger partial charge in [-0.2, -0.15) is 0 Å². The monoisotopic (exact) mass is 304 g/mol. The number of para-hydroxylation sites is 1. The number of fused-ring (bicyclic) bond motifs is 1. The molecule has 1 aliphatic rings. The van der Waals surface area contributed by atoms with Crippen LogP contribution in [0.1, 0.15) is 23.7 Å². The SMILES string of the molecule is CC1CCN(C(=O)c2cc(Cl)nc3ccccc23)CC1O. The van der Waals surface area contributed by atoms with Gasteiger partial charge in [-0.25, -0.2) is 4.98 Å². The summed E-state index contributed by atoms with van der Waals surface area (Å²) in [4.78, 5) is 18.7. The van der Waals surface area contributed by atoms with Crippen LogP contribution in [0.4, 0.5) is 0 Å². The van der Waals surface area contributed by atoms with E-state index in [-0.39, 0.29) is 11.8 Å². The second-order valence-electron chi connectivity index (χ2n) is 5.59. The summed E-state index contributed by atoms with van der Waals surface area (Å²) in [5, 5.41) is 11.1. The summed E-state index contributed by atoms with van der Waals surface area (Å²) in [6.07, 6.45) is 0.343. The van der Waals surface area contributed by atoms with Crippen LogP contribution in [0.2, 0.25) is 5.15 Å². The number of aliphatic hydroxyl groups excluding tert-OH is 1. The Hall–Kier alpha value is -1.65. The van der Waals surface area contributed by atoms with Gasteiger partial charge in [0.2, 0.25) is 0 Å². The number of rotatable bonds is 1. The van der Waals surface area contributed by atoms with Crippen LogP contribution >= 0.6 is 11.6 Å². The van der Waals surface area contributed by atoms with E-state index in [0.717, 1.165) is 11.8 Å². The summed E-state index contributed by atoms with van der Waals surface area (Å²) in [5.41, 5.74) is 1.26. The number of likely N-dealkylation sites (tertiary alicyclic amines) is 1. The molecular formula is C16H17ClN2O2. The molecule has 1 saturated heterocycles. The number of piperidine rings is 1. The Kier molecular flexibility index (Phi) is 3.83. The summed E-state index contributed by atoms with van der Waals surface area (Å²) in [6, 6.07) is 9.06. The van der Waals surface area contributed by atoms with Gasteiger partial charge in [-0.15, -0.1) is 0 Å². The molecule has 1 aliphatic heterocycles. The molecular weight excluding hydrogens is 288 g/mol. The van der Waals surface area contributed by atoms with E-state index in [1.165, 1.54) is 0 Å². The average molecular weight is 305 g/mol. The van der Waals surface area contributed by atoms with E-state index in [9.17, 15) is 9.90 Å². The van der Waals surface area contributed by atoms with Crippen molar-refractivity contribution in [3.8, 4) is 0 Å². The van der Waals surface area contributed by atoms with Gasteiger partial charge in [-0.05, 0) is 24.5 Å². The molecule has 2 aromatic rings. The minimum absolute atomic E-state index is 0.0959. The zero-order valence-electron chi connectivity index (χ0n) is 11.8. The molecule has 2 atom stereocenters. The second kappa shape index (κ2) is 5.62. The Morgan fingerprint density at radius 2 is 2.19 bits per heavy atom. The van der Waals surface area contributed by atoms with Crippen LogP contribution in [-0.2, 0) is 0 Å². The highest BCUT2D eigenvalue weighted by Gasteiger charge is 2.28.